The predicted molar refractivity (Wildman–Crippen MR) is 149 cm³/mol. The van der Waals surface area contributed by atoms with Gasteiger partial charge in [-0.2, -0.15) is 9.97 Å². The quantitative estimate of drug-likeness (QED) is 0.0885. The molecule has 19 nitrogen and oxygen atoms in total. The van der Waals surface area contributed by atoms with Crippen molar-refractivity contribution in [3.8, 4) is 0 Å². The van der Waals surface area contributed by atoms with E-state index in [9.17, 15) is 24.9 Å². The first-order valence-electron chi connectivity index (χ1n) is 13.2. The van der Waals surface area contributed by atoms with E-state index in [1.807, 2.05) is 13.1 Å². The molecule has 0 aromatic carbocycles. The van der Waals surface area contributed by atoms with Crippen LogP contribution >= 0.6 is 0 Å². The van der Waals surface area contributed by atoms with Gasteiger partial charge in [0.2, 0.25) is 11.9 Å². The van der Waals surface area contributed by atoms with E-state index >= 15 is 0 Å². The molecule has 4 aromatic rings. The van der Waals surface area contributed by atoms with Gasteiger partial charge >= 0.3 is 0 Å². The maximum Gasteiger partial charge on any atom is 0.280 e. The average Bonchev–Trinajstić information content (AvgIpc) is 3.68. The number of fused-ring (bicyclic) bond motifs is 2. The Balaban J connectivity index is 1.13. The maximum absolute atomic E-state index is 12.2. The number of nitrogen functional groups attached to an aromatic ring is 2. The summed E-state index contributed by atoms with van der Waals surface area (Å²) in [6.07, 6.45) is -1.97. The Hall–Kier alpha value is -3.76. The normalized spacial score (nSPS) is 28.4. The van der Waals surface area contributed by atoms with Crippen molar-refractivity contribution in [3.05, 3.63) is 33.4 Å². The first kappa shape index (κ1) is 28.4. The van der Waals surface area contributed by atoms with Crippen molar-refractivity contribution in [1.82, 2.24) is 49.0 Å². The summed E-state index contributed by atoms with van der Waals surface area (Å²) in [5.74, 6) is -0.164. The largest absolute Gasteiger partial charge is 0.394 e. The SMILES string of the molecule is C[Si](C)(NC[C@H]1O[C@@H](n2cnc3c(=O)[nH]c(N)nc32)C[C@@H]1O)N[C@H]1[C@@H](O)[C@H](n2cnc3c(=O)[nH]c(N)nc32)O[C@@H]1CO. The molecular formula is C22H32N12O7Si. The summed E-state index contributed by atoms with van der Waals surface area (Å²) >= 11 is 0. The standard InChI is InChI=1S/C22H32N12O7Si/c1-42(2,27-4-9-8(36)3-11(40-9)33-6-25-13-16(33)28-21(23)30-18(13)38)32-12-10(5-35)41-20(15(12)37)34-7-26-14-17(34)29-22(24)31-19(14)39/h6-12,15,20,27,32,35-37H,3-5H2,1-2H3,(H3,23,28,30,38)(H3,24,29,31,39)/t8-,9+,10+,11+,12+,15+,20+/m0/s1. The maximum atomic E-state index is 12.2. The number of aromatic amines is 2. The number of nitrogens with one attached hydrogen (secondary N) is 4. The third-order valence-electron chi connectivity index (χ3n) is 7.52. The molecule has 20 heteroatoms. The molecule has 6 heterocycles. The summed E-state index contributed by atoms with van der Waals surface area (Å²) in [4.78, 5) is 52.4. The Morgan fingerprint density at radius 3 is 2.21 bits per heavy atom. The van der Waals surface area contributed by atoms with Crippen molar-refractivity contribution in [2.24, 2.45) is 0 Å². The Labute approximate surface area is 237 Å². The van der Waals surface area contributed by atoms with Crippen LogP contribution in [0.25, 0.3) is 22.3 Å². The highest BCUT2D eigenvalue weighted by Crippen LogP contribution is 2.33. The van der Waals surface area contributed by atoms with Crippen molar-refractivity contribution in [2.45, 2.75) is 62.4 Å². The third-order valence-corrected chi connectivity index (χ3v) is 9.66. The van der Waals surface area contributed by atoms with Crippen LogP contribution in [0.5, 0.6) is 0 Å². The first-order valence-corrected chi connectivity index (χ1v) is 16.2. The Morgan fingerprint density at radius 1 is 1.00 bits per heavy atom. The highest BCUT2D eigenvalue weighted by Gasteiger charge is 2.47. The van der Waals surface area contributed by atoms with Gasteiger partial charge in [-0.1, -0.05) is 0 Å². The zero-order valence-electron chi connectivity index (χ0n) is 22.6. The highest BCUT2D eigenvalue weighted by molar-refractivity contribution is 6.72. The molecule has 2 aliphatic heterocycles. The monoisotopic (exact) mass is 604 g/mol. The minimum Gasteiger partial charge on any atom is -0.394 e. The number of hydrogen-bond donors (Lipinski definition) is 9. The number of hydrogen-bond acceptors (Lipinski definition) is 15. The summed E-state index contributed by atoms with van der Waals surface area (Å²) in [6.45, 7) is 3.79. The highest BCUT2D eigenvalue weighted by atomic mass is 28.3. The number of aliphatic hydroxyl groups excluding tert-OH is 3. The summed E-state index contributed by atoms with van der Waals surface area (Å²) in [5, 5.41) is 32.1. The van der Waals surface area contributed by atoms with E-state index in [2.05, 4.69) is 39.9 Å². The minimum atomic E-state index is -2.55. The van der Waals surface area contributed by atoms with Gasteiger partial charge < -0.3 is 46.2 Å². The van der Waals surface area contributed by atoms with Crippen LogP contribution in [-0.4, -0.2) is 106 Å². The molecular weight excluding hydrogens is 572 g/mol. The zero-order chi connectivity index (χ0) is 29.9. The van der Waals surface area contributed by atoms with Crippen LogP contribution in [0.3, 0.4) is 0 Å². The summed E-state index contributed by atoms with van der Waals surface area (Å²) in [5.41, 5.74) is 10.9. The molecule has 2 fully saturated rings. The number of nitrogens with two attached hydrogens (primary N) is 2. The number of ether oxygens (including phenoxy) is 2. The molecule has 11 N–H and O–H groups in total. The molecule has 0 amide bonds. The predicted octanol–water partition coefficient (Wildman–Crippen LogP) is -3.43. The second-order valence-electron chi connectivity index (χ2n) is 10.9. The summed E-state index contributed by atoms with van der Waals surface area (Å²) in [7, 11) is -2.55. The van der Waals surface area contributed by atoms with Gasteiger partial charge in [0, 0.05) is 13.0 Å². The summed E-state index contributed by atoms with van der Waals surface area (Å²) < 4.78 is 15.1. The first-order chi connectivity index (χ1) is 20.0. The second kappa shape index (κ2) is 10.5. The molecule has 2 aliphatic rings. The molecule has 0 radical (unpaired) electrons. The Bertz CT molecular complexity index is 1740. The van der Waals surface area contributed by atoms with Crippen molar-refractivity contribution >= 4 is 42.6 Å². The van der Waals surface area contributed by atoms with Crippen LogP contribution < -0.4 is 32.6 Å². The van der Waals surface area contributed by atoms with E-state index < -0.39 is 62.4 Å². The molecule has 0 unspecified atom stereocenters. The number of H-pyrrole nitrogens is 2. The van der Waals surface area contributed by atoms with Gasteiger partial charge in [0.1, 0.15) is 18.4 Å². The van der Waals surface area contributed by atoms with Crippen LogP contribution in [0.1, 0.15) is 18.9 Å². The number of anilines is 2. The van der Waals surface area contributed by atoms with Crippen molar-refractivity contribution < 1.29 is 24.8 Å². The molecule has 4 aromatic heterocycles. The molecule has 7 atom stereocenters. The second-order valence-corrected chi connectivity index (χ2v) is 14.8. The molecule has 226 valence electrons. The van der Waals surface area contributed by atoms with E-state index in [-0.39, 0.29) is 53.8 Å². The van der Waals surface area contributed by atoms with Gasteiger partial charge in [0.25, 0.3) is 11.1 Å². The lowest BCUT2D eigenvalue weighted by Gasteiger charge is -2.33. The van der Waals surface area contributed by atoms with E-state index in [1.54, 1.807) is 4.57 Å². The lowest BCUT2D eigenvalue weighted by molar-refractivity contribution is -0.0489. The van der Waals surface area contributed by atoms with Crippen LogP contribution in [0.4, 0.5) is 11.9 Å². The molecule has 0 spiro atoms. The average molecular weight is 605 g/mol. The van der Waals surface area contributed by atoms with Crippen LogP contribution in [0.15, 0.2) is 22.2 Å². The Morgan fingerprint density at radius 2 is 1.60 bits per heavy atom. The van der Waals surface area contributed by atoms with Gasteiger partial charge in [-0.15, -0.1) is 0 Å². The van der Waals surface area contributed by atoms with Crippen LogP contribution in [0.2, 0.25) is 13.1 Å². The van der Waals surface area contributed by atoms with Crippen molar-refractivity contribution in [1.29, 1.82) is 0 Å². The smallest absolute Gasteiger partial charge is 0.280 e. The number of aliphatic hydroxyl groups is 3. The van der Waals surface area contributed by atoms with Crippen LogP contribution in [-0.2, 0) is 9.47 Å². The van der Waals surface area contributed by atoms with Gasteiger partial charge in [-0.25, -0.2) is 9.97 Å². The van der Waals surface area contributed by atoms with E-state index in [0.717, 1.165) is 0 Å². The lowest BCUT2D eigenvalue weighted by Crippen LogP contribution is -2.66. The number of aromatic nitrogens is 8. The minimum absolute atomic E-state index is 0.0384. The lowest BCUT2D eigenvalue weighted by atomic mass is 10.1. The van der Waals surface area contributed by atoms with Crippen molar-refractivity contribution in [3.63, 3.8) is 0 Å². The van der Waals surface area contributed by atoms with Crippen LogP contribution in [0, 0.1) is 0 Å². The Kier molecular flexibility index (Phi) is 7.09. The van der Waals surface area contributed by atoms with Crippen molar-refractivity contribution in [2.75, 3.05) is 24.6 Å². The van der Waals surface area contributed by atoms with Gasteiger partial charge in [-0.3, -0.25) is 28.7 Å². The number of nitrogens with zero attached hydrogens (tertiary/aromatic N) is 6. The number of rotatable bonds is 8. The molecule has 2 saturated heterocycles. The van der Waals surface area contributed by atoms with E-state index in [4.69, 9.17) is 20.9 Å². The molecule has 0 saturated carbocycles. The zero-order valence-corrected chi connectivity index (χ0v) is 23.6. The van der Waals surface area contributed by atoms with E-state index in [1.165, 1.54) is 17.2 Å². The van der Waals surface area contributed by atoms with Gasteiger partial charge in [0.15, 0.2) is 37.0 Å². The van der Waals surface area contributed by atoms with Gasteiger partial charge in [0.05, 0.1) is 37.5 Å². The molecule has 6 rings (SSSR count). The van der Waals surface area contributed by atoms with Gasteiger partial charge in [-0.05, 0) is 13.1 Å². The molecule has 42 heavy (non-hydrogen) atoms. The molecule has 0 aliphatic carbocycles. The fourth-order valence-electron chi connectivity index (χ4n) is 5.48. The summed E-state index contributed by atoms with van der Waals surface area (Å²) in [6, 6.07) is -0.694. The number of imidazole rings is 2. The third kappa shape index (κ3) is 4.96. The fourth-order valence-corrected chi connectivity index (χ4v) is 7.49. The topological polar surface area (TPSA) is 282 Å². The fraction of sp³-hybridized carbons (Fsp3) is 0.545. The van der Waals surface area contributed by atoms with E-state index in [0.29, 0.717) is 0 Å². The molecule has 0 bridgehead atoms.